The highest BCUT2D eigenvalue weighted by Crippen LogP contribution is 2.29. The average molecular weight is 305 g/mol. The van der Waals surface area contributed by atoms with Gasteiger partial charge in [0.25, 0.3) is 0 Å². The molecule has 1 aromatic heterocycles. The lowest BCUT2D eigenvalue weighted by Crippen LogP contribution is -1.98. The molecule has 0 fully saturated rings. The number of benzene rings is 1. The van der Waals surface area contributed by atoms with Crippen molar-refractivity contribution in [2.24, 2.45) is 0 Å². The molecule has 21 heavy (non-hydrogen) atoms. The minimum Gasteiger partial charge on any atom is -0.482 e. The van der Waals surface area contributed by atoms with Crippen LogP contribution >= 0.6 is 11.3 Å². The smallest absolute Gasteiger partial charge is 0.328 e. The minimum atomic E-state index is -1.09. The summed E-state index contributed by atoms with van der Waals surface area (Å²) in [6.07, 6.45) is 2.31. The second-order valence-corrected chi connectivity index (χ2v) is 4.86. The number of nitro groups is 1. The Balaban J connectivity index is 2.24. The molecule has 0 saturated heterocycles. The summed E-state index contributed by atoms with van der Waals surface area (Å²) >= 11 is 1.51. The Kier molecular flexibility index (Phi) is 4.68. The van der Waals surface area contributed by atoms with Gasteiger partial charge in [-0.25, -0.2) is 4.79 Å². The fourth-order valence-corrected chi connectivity index (χ4v) is 2.26. The predicted octanol–water partition coefficient (Wildman–Crippen LogP) is 3.33. The van der Waals surface area contributed by atoms with E-state index in [2.05, 4.69) is 0 Å². The van der Waals surface area contributed by atoms with Gasteiger partial charge in [0.1, 0.15) is 6.61 Å². The molecule has 0 unspecified atom stereocenters. The van der Waals surface area contributed by atoms with Gasteiger partial charge in [0, 0.05) is 12.1 Å². The van der Waals surface area contributed by atoms with Crippen molar-refractivity contribution in [1.29, 1.82) is 0 Å². The Morgan fingerprint density at radius 1 is 1.43 bits per heavy atom. The van der Waals surface area contributed by atoms with Gasteiger partial charge in [0.05, 0.1) is 4.92 Å². The third-order valence-corrected chi connectivity index (χ3v) is 3.31. The van der Waals surface area contributed by atoms with Crippen molar-refractivity contribution >= 4 is 29.1 Å². The van der Waals surface area contributed by atoms with Gasteiger partial charge in [0.15, 0.2) is 5.75 Å². The van der Waals surface area contributed by atoms with Crippen molar-refractivity contribution in [3.05, 3.63) is 62.3 Å². The topological polar surface area (TPSA) is 89.7 Å². The summed E-state index contributed by atoms with van der Waals surface area (Å²) in [5.74, 6) is -0.979. The molecule has 0 aliphatic heterocycles. The van der Waals surface area contributed by atoms with E-state index >= 15 is 0 Å². The molecule has 0 bridgehead atoms. The van der Waals surface area contributed by atoms with Crippen molar-refractivity contribution in [2.45, 2.75) is 6.61 Å². The van der Waals surface area contributed by atoms with E-state index in [1.807, 2.05) is 16.8 Å². The Hall–Kier alpha value is -2.67. The largest absolute Gasteiger partial charge is 0.482 e. The molecule has 0 radical (unpaired) electrons. The van der Waals surface area contributed by atoms with Crippen LogP contribution in [-0.4, -0.2) is 16.0 Å². The fraction of sp³-hybridized carbons (Fsp3) is 0.0714. The number of thiophene rings is 1. The average Bonchev–Trinajstić information content (AvgIpc) is 2.96. The zero-order chi connectivity index (χ0) is 15.2. The summed E-state index contributed by atoms with van der Waals surface area (Å²) in [7, 11) is 0. The number of carboxylic acid groups (broad SMARTS) is 1. The third kappa shape index (κ3) is 4.15. The zero-order valence-electron chi connectivity index (χ0n) is 10.8. The van der Waals surface area contributed by atoms with Gasteiger partial charge in [-0.1, -0.05) is 0 Å². The third-order valence-electron chi connectivity index (χ3n) is 2.57. The van der Waals surface area contributed by atoms with Crippen LogP contribution in [0.4, 0.5) is 5.69 Å². The van der Waals surface area contributed by atoms with Gasteiger partial charge >= 0.3 is 11.7 Å². The summed E-state index contributed by atoms with van der Waals surface area (Å²) in [5, 5.41) is 23.3. The van der Waals surface area contributed by atoms with Crippen molar-refractivity contribution in [2.75, 3.05) is 0 Å². The lowest BCUT2D eigenvalue weighted by Gasteiger charge is -2.06. The summed E-state index contributed by atoms with van der Waals surface area (Å²) < 4.78 is 5.47. The van der Waals surface area contributed by atoms with Crippen LogP contribution in [0.15, 0.2) is 41.1 Å². The van der Waals surface area contributed by atoms with Gasteiger partial charge in [-0.15, -0.1) is 0 Å². The second-order valence-electron chi connectivity index (χ2n) is 4.08. The van der Waals surface area contributed by atoms with E-state index in [0.717, 1.165) is 11.6 Å². The van der Waals surface area contributed by atoms with Crippen LogP contribution < -0.4 is 4.74 Å². The molecule has 0 amide bonds. The Morgan fingerprint density at radius 3 is 2.86 bits per heavy atom. The van der Waals surface area contributed by atoms with Gasteiger partial charge in [0.2, 0.25) is 0 Å². The molecule has 0 aliphatic carbocycles. The standard InChI is InChI=1S/C14H11NO5S/c16-14(17)4-2-10-1-3-12(15(18)19)13(7-10)20-8-11-5-6-21-9-11/h1-7,9H,8H2,(H,16,17). The number of nitro benzene ring substituents is 1. The monoisotopic (exact) mass is 305 g/mol. The molecule has 1 heterocycles. The Bertz CT molecular complexity index is 679. The van der Waals surface area contributed by atoms with E-state index in [4.69, 9.17) is 9.84 Å². The molecule has 0 spiro atoms. The molecule has 0 aliphatic rings. The van der Waals surface area contributed by atoms with Crippen molar-refractivity contribution < 1.29 is 19.6 Å². The van der Waals surface area contributed by atoms with Crippen LogP contribution in [0.2, 0.25) is 0 Å². The van der Waals surface area contributed by atoms with Gasteiger partial charge in [-0.05, 0) is 46.2 Å². The molecular formula is C14H11NO5S. The van der Waals surface area contributed by atoms with Gasteiger partial charge in [-0.2, -0.15) is 11.3 Å². The SMILES string of the molecule is O=C(O)C=Cc1ccc([N+](=O)[O-])c(OCc2ccsc2)c1. The van der Waals surface area contributed by atoms with E-state index in [0.29, 0.717) is 5.56 Å². The van der Waals surface area contributed by atoms with Crippen LogP contribution in [0.25, 0.3) is 6.08 Å². The van der Waals surface area contributed by atoms with Gasteiger partial charge < -0.3 is 9.84 Å². The number of hydrogen-bond acceptors (Lipinski definition) is 5. The van der Waals surface area contributed by atoms with Crippen LogP contribution in [0.3, 0.4) is 0 Å². The Morgan fingerprint density at radius 2 is 2.24 bits per heavy atom. The Labute approximate surface area is 124 Å². The van der Waals surface area contributed by atoms with Crippen molar-refractivity contribution in [3.63, 3.8) is 0 Å². The summed E-state index contributed by atoms with van der Waals surface area (Å²) in [6, 6.07) is 6.08. The minimum absolute atomic E-state index is 0.110. The summed E-state index contributed by atoms with van der Waals surface area (Å²) in [5.41, 5.74) is 1.28. The molecule has 7 heteroatoms. The maximum atomic E-state index is 11.0. The van der Waals surface area contributed by atoms with E-state index in [1.54, 1.807) is 0 Å². The first-order valence-corrected chi connectivity index (χ1v) is 6.84. The molecule has 108 valence electrons. The molecule has 0 saturated carbocycles. The first-order valence-electron chi connectivity index (χ1n) is 5.89. The number of ether oxygens (including phenoxy) is 1. The number of hydrogen-bond donors (Lipinski definition) is 1. The molecule has 1 aromatic carbocycles. The first kappa shape index (κ1) is 14.7. The highest BCUT2D eigenvalue weighted by Gasteiger charge is 2.15. The highest BCUT2D eigenvalue weighted by molar-refractivity contribution is 7.07. The van der Waals surface area contributed by atoms with Crippen LogP contribution in [0.5, 0.6) is 5.75 Å². The maximum Gasteiger partial charge on any atom is 0.328 e. The van der Waals surface area contributed by atoms with E-state index in [-0.39, 0.29) is 18.0 Å². The van der Waals surface area contributed by atoms with Crippen LogP contribution in [0.1, 0.15) is 11.1 Å². The lowest BCUT2D eigenvalue weighted by atomic mass is 10.1. The van der Waals surface area contributed by atoms with Crippen LogP contribution in [0, 0.1) is 10.1 Å². The number of nitrogens with zero attached hydrogens (tertiary/aromatic N) is 1. The lowest BCUT2D eigenvalue weighted by molar-refractivity contribution is -0.385. The summed E-state index contributed by atoms with van der Waals surface area (Å²) in [6.45, 7) is 0.219. The van der Waals surface area contributed by atoms with Gasteiger partial charge in [-0.3, -0.25) is 10.1 Å². The van der Waals surface area contributed by atoms with E-state index in [9.17, 15) is 14.9 Å². The maximum absolute atomic E-state index is 11.0. The predicted molar refractivity (Wildman–Crippen MR) is 78.4 cm³/mol. The van der Waals surface area contributed by atoms with Crippen molar-refractivity contribution in [3.8, 4) is 5.75 Å². The molecule has 0 atom stereocenters. The normalized spacial score (nSPS) is 10.7. The molecule has 1 N–H and O–H groups in total. The van der Waals surface area contributed by atoms with Crippen LogP contribution in [-0.2, 0) is 11.4 Å². The highest BCUT2D eigenvalue weighted by atomic mass is 32.1. The zero-order valence-corrected chi connectivity index (χ0v) is 11.6. The molecule has 2 rings (SSSR count). The van der Waals surface area contributed by atoms with E-state index < -0.39 is 10.9 Å². The molecule has 6 nitrogen and oxygen atoms in total. The summed E-state index contributed by atoms with van der Waals surface area (Å²) in [4.78, 5) is 20.9. The quantitative estimate of drug-likeness (QED) is 0.502. The van der Waals surface area contributed by atoms with Crippen molar-refractivity contribution in [1.82, 2.24) is 0 Å². The number of carboxylic acids is 1. The number of carbonyl (C=O) groups is 1. The second kappa shape index (κ2) is 6.67. The fourth-order valence-electron chi connectivity index (χ4n) is 1.60. The molecular weight excluding hydrogens is 294 g/mol. The first-order chi connectivity index (χ1) is 10.1. The number of rotatable bonds is 6. The number of aliphatic carboxylic acids is 1. The molecule has 2 aromatic rings. The van der Waals surface area contributed by atoms with E-state index in [1.165, 1.54) is 35.6 Å².